The number of hydrogen-bond acceptors (Lipinski definition) is 3. The van der Waals surface area contributed by atoms with Crippen LogP contribution in [0.5, 0.6) is 0 Å². The number of carbonyl (C=O) groups excluding carboxylic acids is 1. The van der Waals surface area contributed by atoms with Gasteiger partial charge < -0.3 is 15.7 Å². The lowest BCUT2D eigenvalue weighted by molar-refractivity contribution is -0.139. The van der Waals surface area contributed by atoms with Gasteiger partial charge in [0.1, 0.15) is 6.04 Å². The van der Waals surface area contributed by atoms with Crippen molar-refractivity contribution in [3.05, 3.63) is 106 Å². The fraction of sp³-hybridized carbons (Fsp3) is 0.154. The maximum atomic E-state index is 12.8. The van der Waals surface area contributed by atoms with Gasteiger partial charge in [-0.25, -0.2) is 4.79 Å². The molecule has 6 heteroatoms. The summed E-state index contributed by atoms with van der Waals surface area (Å²) in [5, 5.41) is 16.0. The predicted octanol–water partition coefficient (Wildman–Crippen LogP) is 3.91. The molecule has 1 aliphatic carbocycles. The van der Waals surface area contributed by atoms with Gasteiger partial charge in [0.05, 0.1) is 11.1 Å². The Morgan fingerprint density at radius 3 is 2.66 bits per heavy atom. The van der Waals surface area contributed by atoms with E-state index >= 15 is 0 Å². The maximum absolute atomic E-state index is 12.8. The van der Waals surface area contributed by atoms with Crippen LogP contribution in [0, 0.1) is 17.8 Å². The van der Waals surface area contributed by atoms with E-state index in [4.69, 9.17) is 11.6 Å². The minimum Gasteiger partial charge on any atom is -0.480 e. The van der Waals surface area contributed by atoms with Crippen molar-refractivity contribution < 1.29 is 14.7 Å². The Balaban J connectivity index is 1.48. The van der Waals surface area contributed by atoms with Crippen molar-refractivity contribution in [3.8, 4) is 11.8 Å². The smallest absolute Gasteiger partial charge is 0.326 e. The standard InChI is InChI=1S/C26H21ClN2O3/c27-22-13-12-19(14-18(22)11-10-17-6-2-1-3-7-17)25(30)29-24(26(31)32)15-20-16-28-23-9-5-4-8-21(20)23/h1-9,12-14,16,21,23-24,28H,15H2,(H,29,30)(H,31,32)/t21?,23?,24-/m0/s1. The lowest BCUT2D eigenvalue weighted by Gasteiger charge is -2.21. The molecule has 0 aromatic heterocycles. The molecule has 2 aromatic rings. The highest BCUT2D eigenvalue weighted by atomic mass is 35.5. The number of hydrogen-bond donors (Lipinski definition) is 3. The summed E-state index contributed by atoms with van der Waals surface area (Å²) in [6, 6.07) is 13.2. The molecule has 0 saturated carbocycles. The summed E-state index contributed by atoms with van der Waals surface area (Å²) in [6.45, 7) is 0. The summed E-state index contributed by atoms with van der Waals surface area (Å²) in [5.74, 6) is 4.51. The quantitative estimate of drug-likeness (QED) is 0.611. The number of halogens is 1. The molecule has 160 valence electrons. The molecule has 3 N–H and O–H groups in total. The van der Waals surface area contributed by atoms with Gasteiger partial charge in [-0.15, -0.1) is 0 Å². The highest BCUT2D eigenvalue weighted by Crippen LogP contribution is 2.29. The van der Waals surface area contributed by atoms with Crippen LogP contribution < -0.4 is 10.6 Å². The molecule has 1 aliphatic heterocycles. The Labute approximate surface area is 191 Å². The molecule has 32 heavy (non-hydrogen) atoms. The van der Waals surface area contributed by atoms with Gasteiger partial charge in [-0.1, -0.05) is 65.9 Å². The van der Waals surface area contributed by atoms with Crippen LogP contribution >= 0.6 is 11.6 Å². The van der Waals surface area contributed by atoms with Crippen LogP contribution in [-0.2, 0) is 4.79 Å². The second-order valence-corrected chi connectivity index (χ2v) is 7.99. The molecule has 2 unspecified atom stereocenters. The summed E-state index contributed by atoms with van der Waals surface area (Å²) < 4.78 is 0. The topological polar surface area (TPSA) is 78.4 Å². The van der Waals surface area contributed by atoms with E-state index in [1.807, 2.05) is 60.8 Å². The van der Waals surface area contributed by atoms with Gasteiger partial charge in [0, 0.05) is 29.0 Å². The first-order valence-electron chi connectivity index (χ1n) is 10.2. The van der Waals surface area contributed by atoms with E-state index in [1.165, 1.54) is 0 Å². The average Bonchev–Trinajstić information content (AvgIpc) is 3.21. The van der Waals surface area contributed by atoms with E-state index in [1.54, 1.807) is 18.2 Å². The van der Waals surface area contributed by atoms with Gasteiger partial charge in [-0.3, -0.25) is 4.79 Å². The van der Waals surface area contributed by atoms with E-state index in [0.717, 1.165) is 11.1 Å². The second-order valence-electron chi connectivity index (χ2n) is 7.59. The third-order valence-electron chi connectivity index (χ3n) is 5.41. The largest absolute Gasteiger partial charge is 0.480 e. The molecule has 4 rings (SSSR count). The first-order valence-corrected chi connectivity index (χ1v) is 10.6. The minimum atomic E-state index is -1.09. The third-order valence-corrected chi connectivity index (χ3v) is 5.74. The first-order chi connectivity index (χ1) is 15.5. The summed E-state index contributed by atoms with van der Waals surface area (Å²) in [7, 11) is 0. The van der Waals surface area contributed by atoms with Gasteiger partial charge in [0.25, 0.3) is 5.91 Å². The monoisotopic (exact) mass is 444 g/mol. The van der Waals surface area contributed by atoms with E-state index in [-0.39, 0.29) is 18.4 Å². The molecule has 2 aliphatic rings. The molecule has 5 nitrogen and oxygen atoms in total. The summed E-state index contributed by atoms with van der Waals surface area (Å²) in [6.07, 6.45) is 10.0. The number of aliphatic carboxylic acids is 1. The van der Waals surface area contributed by atoms with Crippen molar-refractivity contribution in [2.45, 2.75) is 18.5 Å². The summed E-state index contributed by atoms with van der Waals surface area (Å²) in [4.78, 5) is 24.7. The highest BCUT2D eigenvalue weighted by molar-refractivity contribution is 6.31. The van der Waals surface area contributed by atoms with Gasteiger partial charge >= 0.3 is 5.97 Å². The first kappa shape index (κ1) is 21.5. The molecule has 3 atom stereocenters. The van der Waals surface area contributed by atoms with Crippen molar-refractivity contribution in [2.24, 2.45) is 5.92 Å². The fourth-order valence-corrected chi connectivity index (χ4v) is 3.88. The van der Waals surface area contributed by atoms with Crippen LogP contribution in [0.1, 0.15) is 27.9 Å². The minimum absolute atomic E-state index is 0.0918. The van der Waals surface area contributed by atoms with Crippen LogP contribution in [0.25, 0.3) is 0 Å². The molecular formula is C26H21ClN2O3. The highest BCUT2D eigenvalue weighted by Gasteiger charge is 2.31. The zero-order chi connectivity index (χ0) is 22.5. The molecule has 1 amide bonds. The number of nitrogens with one attached hydrogen (secondary N) is 2. The van der Waals surface area contributed by atoms with Crippen LogP contribution in [0.2, 0.25) is 5.02 Å². The number of allylic oxidation sites excluding steroid dienone is 2. The Kier molecular flexibility index (Phi) is 6.44. The zero-order valence-corrected chi connectivity index (χ0v) is 17.8. The van der Waals surface area contributed by atoms with Crippen molar-refractivity contribution in [2.75, 3.05) is 0 Å². The van der Waals surface area contributed by atoms with E-state index in [2.05, 4.69) is 22.5 Å². The molecule has 2 aromatic carbocycles. The summed E-state index contributed by atoms with van der Waals surface area (Å²) in [5.41, 5.74) is 2.57. The van der Waals surface area contributed by atoms with Crippen LogP contribution in [0.4, 0.5) is 0 Å². The Morgan fingerprint density at radius 2 is 1.88 bits per heavy atom. The van der Waals surface area contributed by atoms with E-state index in [0.29, 0.717) is 16.1 Å². The molecule has 1 heterocycles. The second kappa shape index (κ2) is 9.59. The van der Waals surface area contributed by atoms with Crippen LogP contribution in [0.3, 0.4) is 0 Å². The van der Waals surface area contributed by atoms with Gasteiger partial charge in [0.15, 0.2) is 0 Å². The van der Waals surface area contributed by atoms with Crippen LogP contribution in [-0.4, -0.2) is 29.1 Å². The Bertz CT molecular complexity index is 1190. The van der Waals surface area contributed by atoms with E-state index in [9.17, 15) is 14.7 Å². The number of fused-ring (bicyclic) bond motifs is 1. The Hall–Kier alpha value is -3.75. The predicted molar refractivity (Wildman–Crippen MR) is 124 cm³/mol. The summed E-state index contributed by atoms with van der Waals surface area (Å²) >= 11 is 6.25. The van der Waals surface area contributed by atoms with Crippen molar-refractivity contribution >= 4 is 23.5 Å². The fourth-order valence-electron chi connectivity index (χ4n) is 3.72. The average molecular weight is 445 g/mol. The molecule has 0 fully saturated rings. The molecule has 0 radical (unpaired) electrons. The SMILES string of the molecule is O=C(N[C@@H](CC1=CNC2C=CC=CC12)C(=O)O)c1ccc(Cl)c(C#Cc2ccccc2)c1. The van der Waals surface area contributed by atoms with Crippen molar-refractivity contribution in [3.63, 3.8) is 0 Å². The van der Waals surface area contributed by atoms with Crippen molar-refractivity contribution in [1.29, 1.82) is 0 Å². The molecule has 0 bridgehead atoms. The number of carboxylic acids is 1. The Morgan fingerprint density at radius 1 is 1.09 bits per heavy atom. The van der Waals surface area contributed by atoms with Crippen LogP contribution in [0.15, 0.2) is 84.6 Å². The third kappa shape index (κ3) is 4.93. The number of carboxylic acid groups (broad SMARTS) is 1. The number of rotatable bonds is 5. The molecule has 0 spiro atoms. The molecular weight excluding hydrogens is 424 g/mol. The maximum Gasteiger partial charge on any atom is 0.326 e. The van der Waals surface area contributed by atoms with Gasteiger partial charge in [0.2, 0.25) is 0 Å². The van der Waals surface area contributed by atoms with E-state index < -0.39 is 17.9 Å². The number of carbonyl (C=O) groups is 2. The normalized spacial score (nSPS) is 19.1. The van der Waals surface area contributed by atoms with Gasteiger partial charge in [-0.2, -0.15) is 0 Å². The van der Waals surface area contributed by atoms with Gasteiger partial charge in [-0.05, 0) is 42.1 Å². The molecule has 0 saturated heterocycles. The zero-order valence-electron chi connectivity index (χ0n) is 17.1. The number of amides is 1. The lowest BCUT2D eigenvalue weighted by Crippen LogP contribution is -2.41. The lowest BCUT2D eigenvalue weighted by atomic mass is 9.88. The number of benzene rings is 2. The van der Waals surface area contributed by atoms with Crippen molar-refractivity contribution in [1.82, 2.24) is 10.6 Å².